The molecule has 0 spiro atoms. The third-order valence-electron chi connectivity index (χ3n) is 3.90. The number of methoxy groups -OCH3 is 1. The number of carbonyl (C=O) groups excluding carboxylic acids is 1. The molecule has 0 saturated carbocycles. The Morgan fingerprint density at radius 1 is 1.45 bits per heavy atom. The highest BCUT2D eigenvalue weighted by Gasteiger charge is 2.29. The highest BCUT2D eigenvalue weighted by atomic mass is 16.5. The van der Waals surface area contributed by atoms with Crippen molar-refractivity contribution in [2.45, 2.75) is 38.1 Å². The fourth-order valence-corrected chi connectivity index (χ4v) is 2.82. The van der Waals surface area contributed by atoms with Crippen LogP contribution in [0.1, 0.15) is 43.7 Å². The molecular formula is C16H24N2O2. The van der Waals surface area contributed by atoms with E-state index in [1.807, 2.05) is 23.1 Å². The predicted molar refractivity (Wildman–Crippen MR) is 79.6 cm³/mol. The molecule has 0 aromatic heterocycles. The number of amides is 1. The largest absolute Gasteiger partial charge is 0.497 e. The molecule has 4 heteroatoms. The lowest BCUT2D eigenvalue weighted by atomic mass is 10.0. The number of unbranched alkanes of at least 4 members (excludes halogenated alkanes) is 1. The number of hydrogen-bond acceptors (Lipinski definition) is 3. The monoisotopic (exact) mass is 276 g/mol. The van der Waals surface area contributed by atoms with Gasteiger partial charge in [0.05, 0.1) is 13.2 Å². The number of nitrogens with two attached hydrogens (primary N) is 1. The third-order valence-corrected chi connectivity index (χ3v) is 3.90. The Morgan fingerprint density at radius 3 is 3.05 bits per heavy atom. The minimum absolute atomic E-state index is 0.204. The van der Waals surface area contributed by atoms with Crippen molar-refractivity contribution in [3.63, 3.8) is 0 Å². The van der Waals surface area contributed by atoms with E-state index < -0.39 is 0 Å². The average molecular weight is 276 g/mol. The summed E-state index contributed by atoms with van der Waals surface area (Å²) in [6.07, 6.45) is 4.53. The van der Waals surface area contributed by atoms with Crippen molar-refractivity contribution in [3.8, 4) is 5.75 Å². The zero-order valence-electron chi connectivity index (χ0n) is 12.2. The highest BCUT2D eigenvalue weighted by Crippen LogP contribution is 2.33. The third kappa shape index (κ3) is 3.51. The summed E-state index contributed by atoms with van der Waals surface area (Å²) in [6, 6.07) is 8.25. The smallest absolute Gasteiger partial charge is 0.223 e. The second-order valence-corrected chi connectivity index (χ2v) is 5.27. The van der Waals surface area contributed by atoms with E-state index in [0.29, 0.717) is 13.0 Å². The minimum Gasteiger partial charge on any atom is -0.497 e. The molecule has 1 aliphatic heterocycles. The van der Waals surface area contributed by atoms with Gasteiger partial charge in [-0.05, 0) is 49.9 Å². The Labute approximate surface area is 120 Å². The van der Waals surface area contributed by atoms with Gasteiger partial charge in [0.2, 0.25) is 5.91 Å². The first-order chi connectivity index (χ1) is 9.76. The van der Waals surface area contributed by atoms with Gasteiger partial charge in [-0.2, -0.15) is 0 Å². The van der Waals surface area contributed by atoms with E-state index in [-0.39, 0.29) is 11.9 Å². The number of nitrogens with zero attached hydrogens (tertiary/aromatic N) is 1. The molecule has 4 nitrogen and oxygen atoms in total. The van der Waals surface area contributed by atoms with E-state index in [4.69, 9.17) is 10.5 Å². The SMILES string of the molecule is COc1cccc(C2CCCN2C(=O)CCCCN)c1. The molecule has 1 heterocycles. The standard InChI is InChI=1S/C16H24N2O2/c1-20-14-7-4-6-13(12-14)15-8-5-11-18(15)16(19)9-2-3-10-17/h4,6-7,12,15H,2-3,5,8-11,17H2,1H3. The molecule has 1 aromatic rings. The van der Waals surface area contributed by atoms with Crippen molar-refractivity contribution < 1.29 is 9.53 Å². The van der Waals surface area contributed by atoms with E-state index in [0.717, 1.165) is 38.0 Å². The first-order valence-corrected chi connectivity index (χ1v) is 7.39. The van der Waals surface area contributed by atoms with Gasteiger partial charge in [0.25, 0.3) is 0 Å². The summed E-state index contributed by atoms with van der Waals surface area (Å²) in [4.78, 5) is 14.3. The maximum atomic E-state index is 12.3. The van der Waals surface area contributed by atoms with Crippen LogP contribution in [0.25, 0.3) is 0 Å². The number of carbonyl (C=O) groups is 1. The van der Waals surface area contributed by atoms with Crippen LogP contribution in [-0.2, 0) is 4.79 Å². The lowest BCUT2D eigenvalue weighted by Gasteiger charge is -2.25. The topological polar surface area (TPSA) is 55.6 Å². The van der Waals surface area contributed by atoms with E-state index in [1.54, 1.807) is 7.11 Å². The Hall–Kier alpha value is -1.55. The van der Waals surface area contributed by atoms with Crippen molar-refractivity contribution in [2.24, 2.45) is 5.73 Å². The summed E-state index contributed by atoms with van der Waals surface area (Å²) in [5.74, 6) is 1.11. The van der Waals surface area contributed by atoms with Crippen LogP contribution in [0.4, 0.5) is 0 Å². The molecule has 110 valence electrons. The van der Waals surface area contributed by atoms with E-state index in [2.05, 4.69) is 6.07 Å². The van der Waals surface area contributed by atoms with Gasteiger partial charge < -0.3 is 15.4 Å². The molecule has 20 heavy (non-hydrogen) atoms. The van der Waals surface area contributed by atoms with Gasteiger partial charge in [-0.1, -0.05) is 12.1 Å². The second-order valence-electron chi connectivity index (χ2n) is 5.27. The Kier molecular flexibility index (Phi) is 5.41. The lowest BCUT2D eigenvalue weighted by molar-refractivity contribution is -0.132. The summed E-state index contributed by atoms with van der Waals surface area (Å²) in [5, 5.41) is 0. The molecule has 0 bridgehead atoms. The van der Waals surface area contributed by atoms with Crippen LogP contribution in [0, 0.1) is 0 Å². The molecule has 2 rings (SSSR count). The number of rotatable bonds is 6. The number of benzene rings is 1. The Balaban J connectivity index is 2.04. The van der Waals surface area contributed by atoms with Gasteiger partial charge in [0.15, 0.2) is 0 Å². The predicted octanol–water partition coefficient (Wildman–Crippen LogP) is 2.49. The maximum absolute atomic E-state index is 12.3. The van der Waals surface area contributed by atoms with E-state index >= 15 is 0 Å². The number of hydrogen-bond donors (Lipinski definition) is 1. The van der Waals surface area contributed by atoms with Crippen LogP contribution >= 0.6 is 0 Å². The number of ether oxygens (including phenoxy) is 1. The molecule has 1 amide bonds. The molecule has 1 fully saturated rings. The van der Waals surface area contributed by atoms with Crippen LogP contribution in [-0.4, -0.2) is 31.0 Å². The summed E-state index contributed by atoms with van der Waals surface area (Å²) in [6.45, 7) is 1.52. The minimum atomic E-state index is 0.204. The molecular weight excluding hydrogens is 252 g/mol. The summed E-state index contributed by atoms with van der Waals surface area (Å²) >= 11 is 0. The molecule has 1 unspecified atom stereocenters. The maximum Gasteiger partial charge on any atom is 0.223 e. The Bertz CT molecular complexity index is 448. The molecule has 1 aliphatic rings. The summed E-state index contributed by atoms with van der Waals surface area (Å²) < 4.78 is 5.27. The van der Waals surface area contributed by atoms with Crippen LogP contribution < -0.4 is 10.5 Å². The van der Waals surface area contributed by atoms with E-state index in [1.165, 1.54) is 5.56 Å². The van der Waals surface area contributed by atoms with E-state index in [9.17, 15) is 4.79 Å². The quantitative estimate of drug-likeness (QED) is 0.812. The first kappa shape index (κ1) is 14.9. The van der Waals surface area contributed by atoms with Crippen molar-refractivity contribution in [2.75, 3.05) is 20.2 Å². The van der Waals surface area contributed by atoms with Gasteiger partial charge in [0, 0.05) is 13.0 Å². The van der Waals surface area contributed by atoms with Crippen LogP contribution in [0.3, 0.4) is 0 Å². The zero-order chi connectivity index (χ0) is 14.4. The van der Waals surface area contributed by atoms with Crippen molar-refractivity contribution in [3.05, 3.63) is 29.8 Å². The molecule has 1 atom stereocenters. The van der Waals surface area contributed by atoms with Gasteiger partial charge in [-0.3, -0.25) is 4.79 Å². The van der Waals surface area contributed by atoms with Crippen molar-refractivity contribution in [1.29, 1.82) is 0 Å². The van der Waals surface area contributed by atoms with Crippen LogP contribution in [0.5, 0.6) is 5.75 Å². The summed E-state index contributed by atoms with van der Waals surface area (Å²) in [7, 11) is 1.67. The van der Waals surface area contributed by atoms with Gasteiger partial charge in [-0.25, -0.2) is 0 Å². The van der Waals surface area contributed by atoms with Crippen LogP contribution in [0.2, 0.25) is 0 Å². The van der Waals surface area contributed by atoms with Crippen LogP contribution in [0.15, 0.2) is 24.3 Å². The number of likely N-dealkylation sites (tertiary alicyclic amines) is 1. The first-order valence-electron chi connectivity index (χ1n) is 7.39. The molecule has 1 saturated heterocycles. The molecule has 1 aromatic carbocycles. The molecule has 0 aliphatic carbocycles. The average Bonchev–Trinajstić information content (AvgIpc) is 2.97. The fraction of sp³-hybridized carbons (Fsp3) is 0.562. The van der Waals surface area contributed by atoms with Gasteiger partial charge >= 0.3 is 0 Å². The lowest BCUT2D eigenvalue weighted by Crippen LogP contribution is -2.30. The van der Waals surface area contributed by atoms with Gasteiger partial charge in [-0.15, -0.1) is 0 Å². The van der Waals surface area contributed by atoms with Crippen molar-refractivity contribution >= 4 is 5.91 Å². The van der Waals surface area contributed by atoms with Gasteiger partial charge in [0.1, 0.15) is 5.75 Å². The molecule has 2 N–H and O–H groups in total. The second kappa shape index (κ2) is 7.29. The zero-order valence-corrected chi connectivity index (χ0v) is 12.2. The Morgan fingerprint density at radius 2 is 2.30 bits per heavy atom. The highest BCUT2D eigenvalue weighted by molar-refractivity contribution is 5.77. The normalized spacial score (nSPS) is 18.3. The van der Waals surface area contributed by atoms with Crippen molar-refractivity contribution in [1.82, 2.24) is 4.90 Å². The molecule has 0 radical (unpaired) electrons. The fourth-order valence-electron chi connectivity index (χ4n) is 2.82. The summed E-state index contributed by atoms with van der Waals surface area (Å²) in [5.41, 5.74) is 6.65.